The molecule has 3 heteroatoms. The summed E-state index contributed by atoms with van der Waals surface area (Å²) in [4.78, 5) is 0. The van der Waals surface area contributed by atoms with Gasteiger partial charge in [-0.05, 0) is 37.9 Å². The summed E-state index contributed by atoms with van der Waals surface area (Å²) in [7, 11) is 0. The van der Waals surface area contributed by atoms with Gasteiger partial charge in [0.2, 0.25) is 0 Å². The molecule has 0 spiro atoms. The third kappa shape index (κ3) is 4.01. The first kappa shape index (κ1) is 16.8. The van der Waals surface area contributed by atoms with Crippen LogP contribution in [0.2, 0.25) is 0 Å². The Bertz CT molecular complexity index is 455. The van der Waals surface area contributed by atoms with Crippen molar-refractivity contribution >= 4 is 15.9 Å². The molecule has 0 saturated heterocycles. The molecule has 1 atom stereocenters. The van der Waals surface area contributed by atoms with Gasteiger partial charge in [-0.2, -0.15) is 0 Å². The van der Waals surface area contributed by atoms with Crippen LogP contribution in [0.5, 0.6) is 5.75 Å². The molecular weight excluding hydrogens is 326 g/mol. The lowest BCUT2D eigenvalue weighted by atomic mass is 9.81. The van der Waals surface area contributed by atoms with Crippen LogP contribution in [0, 0.1) is 0 Å². The van der Waals surface area contributed by atoms with Crippen molar-refractivity contribution in [2.45, 2.75) is 70.9 Å². The number of benzene rings is 1. The van der Waals surface area contributed by atoms with Gasteiger partial charge in [0.15, 0.2) is 0 Å². The van der Waals surface area contributed by atoms with Crippen LogP contribution in [0.4, 0.5) is 0 Å². The van der Waals surface area contributed by atoms with E-state index in [4.69, 9.17) is 4.74 Å². The minimum atomic E-state index is 0.00268. The minimum Gasteiger partial charge on any atom is -0.487 e. The standard InChI is InChI=1S/C18H28BrNO/c1-4-9-18(10-5-2)13-16(20-11-6-3)15-8-7-14(19)12-17(15)21-18/h7-8,12,16,20H,4-6,9-11,13H2,1-3H3. The molecule has 1 N–H and O–H groups in total. The Kier molecular flexibility index (Phi) is 6.12. The van der Waals surface area contributed by atoms with E-state index < -0.39 is 0 Å². The van der Waals surface area contributed by atoms with Gasteiger partial charge in [0.1, 0.15) is 11.4 Å². The molecular formula is C18H28BrNO. The van der Waals surface area contributed by atoms with E-state index >= 15 is 0 Å². The highest BCUT2D eigenvalue weighted by atomic mass is 79.9. The molecule has 0 bridgehead atoms. The summed E-state index contributed by atoms with van der Waals surface area (Å²) in [6, 6.07) is 6.87. The summed E-state index contributed by atoms with van der Waals surface area (Å²) in [5.74, 6) is 1.06. The lowest BCUT2D eigenvalue weighted by Gasteiger charge is -2.43. The van der Waals surface area contributed by atoms with E-state index in [0.29, 0.717) is 6.04 Å². The van der Waals surface area contributed by atoms with Crippen LogP contribution in [0.25, 0.3) is 0 Å². The zero-order valence-corrected chi connectivity index (χ0v) is 15.1. The highest BCUT2D eigenvalue weighted by Gasteiger charge is 2.39. The van der Waals surface area contributed by atoms with Crippen LogP contribution in [0.15, 0.2) is 22.7 Å². The fraction of sp³-hybridized carbons (Fsp3) is 0.667. The van der Waals surface area contributed by atoms with Crippen molar-refractivity contribution in [2.24, 2.45) is 0 Å². The van der Waals surface area contributed by atoms with Crippen LogP contribution < -0.4 is 10.1 Å². The second-order valence-electron chi connectivity index (χ2n) is 6.18. The van der Waals surface area contributed by atoms with Gasteiger partial charge in [-0.1, -0.05) is 55.6 Å². The molecule has 0 saturated carbocycles. The van der Waals surface area contributed by atoms with Crippen molar-refractivity contribution in [3.63, 3.8) is 0 Å². The van der Waals surface area contributed by atoms with Gasteiger partial charge in [-0.3, -0.25) is 0 Å². The Balaban J connectivity index is 2.33. The summed E-state index contributed by atoms with van der Waals surface area (Å²) in [6.07, 6.45) is 6.86. The first-order chi connectivity index (χ1) is 10.1. The molecule has 0 aliphatic carbocycles. The average molecular weight is 354 g/mol. The molecule has 21 heavy (non-hydrogen) atoms. The third-order valence-corrected chi connectivity index (χ3v) is 4.80. The summed E-state index contributed by atoms with van der Waals surface area (Å²) in [6.45, 7) is 7.80. The molecule has 2 rings (SSSR count). The van der Waals surface area contributed by atoms with Gasteiger partial charge in [0.25, 0.3) is 0 Å². The molecule has 2 nitrogen and oxygen atoms in total. The maximum absolute atomic E-state index is 6.52. The van der Waals surface area contributed by atoms with E-state index in [9.17, 15) is 0 Å². The van der Waals surface area contributed by atoms with Gasteiger partial charge < -0.3 is 10.1 Å². The van der Waals surface area contributed by atoms with Gasteiger partial charge in [-0.25, -0.2) is 0 Å². The fourth-order valence-electron chi connectivity index (χ4n) is 3.48. The molecule has 1 aromatic rings. The normalized spacial score (nSPS) is 19.9. The average Bonchev–Trinajstić information content (AvgIpc) is 2.44. The Hall–Kier alpha value is -0.540. The van der Waals surface area contributed by atoms with Crippen LogP contribution in [-0.2, 0) is 0 Å². The molecule has 1 heterocycles. The Morgan fingerprint density at radius 1 is 1.19 bits per heavy atom. The second kappa shape index (κ2) is 7.64. The number of hydrogen-bond donors (Lipinski definition) is 1. The van der Waals surface area contributed by atoms with Crippen LogP contribution in [-0.4, -0.2) is 12.1 Å². The van der Waals surface area contributed by atoms with Gasteiger partial charge in [0.05, 0.1) is 0 Å². The van der Waals surface area contributed by atoms with Crippen LogP contribution in [0.1, 0.15) is 70.9 Å². The predicted molar refractivity (Wildman–Crippen MR) is 93.0 cm³/mol. The zero-order chi connectivity index (χ0) is 15.3. The first-order valence-corrected chi connectivity index (χ1v) is 9.15. The molecule has 118 valence electrons. The van der Waals surface area contributed by atoms with Crippen molar-refractivity contribution < 1.29 is 4.74 Å². The van der Waals surface area contributed by atoms with Crippen molar-refractivity contribution in [1.29, 1.82) is 0 Å². The van der Waals surface area contributed by atoms with E-state index in [1.165, 1.54) is 18.4 Å². The van der Waals surface area contributed by atoms with Gasteiger partial charge in [0, 0.05) is 22.5 Å². The number of ether oxygens (including phenoxy) is 1. The number of hydrogen-bond acceptors (Lipinski definition) is 2. The SMILES string of the molecule is CCCNC1CC(CCC)(CCC)Oc2cc(Br)ccc21. The van der Waals surface area contributed by atoms with Crippen molar-refractivity contribution in [3.05, 3.63) is 28.2 Å². The van der Waals surface area contributed by atoms with Crippen molar-refractivity contribution in [3.8, 4) is 5.75 Å². The number of rotatable bonds is 7. The van der Waals surface area contributed by atoms with Gasteiger partial charge >= 0.3 is 0 Å². The molecule has 1 aliphatic heterocycles. The molecule has 1 aromatic carbocycles. The topological polar surface area (TPSA) is 21.3 Å². The molecule has 1 unspecified atom stereocenters. The lowest BCUT2D eigenvalue weighted by molar-refractivity contribution is 0.0128. The quantitative estimate of drug-likeness (QED) is 0.687. The molecule has 0 amide bonds. The molecule has 0 radical (unpaired) electrons. The van der Waals surface area contributed by atoms with E-state index in [1.54, 1.807) is 0 Å². The van der Waals surface area contributed by atoms with Gasteiger partial charge in [-0.15, -0.1) is 0 Å². The van der Waals surface area contributed by atoms with E-state index in [1.807, 2.05) is 0 Å². The lowest BCUT2D eigenvalue weighted by Crippen LogP contribution is -2.44. The smallest absolute Gasteiger partial charge is 0.126 e. The Morgan fingerprint density at radius 2 is 1.90 bits per heavy atom. The second-order valence-corrected chi connectivity index (χ2v) is 7.09. The summed E-state index contributed by atoms with van der Waals surface area (Å²) in [5.41, 5.74) is 1.32. The molecule has 0 aromatic heterocycles. The monoisotopic (exact) mass is 353 g/mol. The highest BCUT2D eigenvalue weighted by molar-refractivity contribution is 9.10. The number of nitrogens with one attached hydrogen (secondary N) is 1. The molecule has 0 fully saturated rings. The Labute approximate surface area is 137 Å². The van der Waals surface area contributed by atoms with Crippen molar-refractivity contribution in [2.75, 3.05) is 6.54 Å². The highest BCUT2D eigenvalue weighted by Crippen LogP contribution is 2.44. The number of halogens is 1. The van der Waals surface area contributed by atoms with Crippen molar-refractivity contribution in [1.82, 2.24) is 5.32 Å². The summed E-state index contributed by atoms with van der Waals surface area (Å²) >= 11 is 3.58. The maximum Gasteiger partial charge on any atom is 0.126 e. The first-order valence-electron chi connectivity index (χ1n) is 8.36. The zero-order valence-electron chi connectivity index (χ0n) is 13.5. The predicted octanol–water partition coefficient (Wildman–Crippen LogP) is 5.61. The summed E-state index contributed by atoms with van der Waals surface area (Å²) < 4.78 is 7.62. The van der Waals surface area contributed by atoms with Crippen LogP contribution in [0.3, 0.4) is 0 Å². The minimum absolute atomic E-state index is 0.00268. The molecule has 1 aliphatic rings. The Morgan fingerprint density at radius 3 is 2.52 bits per heavy atom. The maximum atomic E-state index is 6.52. The largest absolute Gasteiger partial charge is 0.487 e. The van der Waals surface area contributed by atoms with E-state index in [0.717, 1.165) is 42.5 Å². The number of fused-ring (bicyclic) bond motifs is 1. The van der Waals surface area contributed by atoms with Crippen LogP contribution >= 0.6 is 15.9 Å². The van der Waals surface area contributed by atoms with E-state index in [2.05, 4.69) is 60.2 Å². The van der Waals surface area contributed by atoms with E-state index in [-0.39, 0.29) is 5.60 Å². The summed E-state index contributed by atoms with van der Waals surface area (Å²) in [5, 5.41) is 3.72. The fourth-order valence-corrected chi connectivity index (χ4v) is 3.82. The third-order valence-electron chi connectivity index (χ3n) is 4.31.